The molecule has 1 aliphatic heterocycles. The first-order valence-corrected chi connectivity index (χ1v) is 7.27. The Morgan fingerprint density at radius 2 is 2.15 bits per heavy atom. The van der Waals surface area contributed by atoms with Gasteiger partial charge >= 0.3 is 0 Å². The maximum atomic E-state index is 11.6. The number of piperidine rings is 1. The zero-order chi connectivity index (χ0) is 14.4. The molecule has 2 rings (SSSR count). The van der Waals surface area contributed by atoms with Crippen molar-refractivity contribution in [3.05, 3.63) is 12.4 Å². The summed E-state index contributed by atoms with van der Waals surface area (Å²) in [5.74, 6) is 1.99. The second-order valence-electron chi connectivity index (χ2n) is 5.06. The molecule has 2 N–H and O–H groups in total. The number of nitrogens with one attached hydrogen (secondary N) is 2. The van der Waals surface area contributed by atoms with Crippen molar-refractivity contribution in [1.82, 2.24) is 15.3 Å². The first-order valence-electron chi connectivity index (χ1n) is 7.27. The number of carbonyl (C=O) groups excluding carboxylic acids is 1. The van der Waals surface area contributed by atoms with Crippen LogP contribution in [-0.4, -0.2) is 42.6 Å². The van der Waals surface area contributed by atoms with Crippen LogP contribution in [0.3, 0.4) is 0 Å². The van der Waals surface area contributed by atoms with E-state index in [4.69, 9.17) is 0 Å². The van der Waals surface area contributed by atoms with Crippen LogP contribution >= 0.6 is 0 Å². The second-order valence-corrected chi connectivity index (χ2v) is 5.06. The lowest BCUT2D eigenvalue weighted by molar-refractivity contribution is -0.125. The third-order valence-electron chi connectivity index (χ3n) is 3.61. The van der Waals surface area contributed by atoms with E-state index in [0.29, 0.717) is 0 Å². The quantitative estimate of drug-likeness (QED) is 0.848. The largest absolute Gasteiger partial charge is 0.369 e. The fraction of sp³-hybridized carbons (Fsp3) is 0.643. The zero-order valence-corrected chi connectivity index (χ0v) is 12.2. The molecule has 0 atom stereocenters. The number of aromatic nitrogens is 2. The van der Waals surface area contributed by atoms with Gasteiger partial charge in [0.05, 0.1) is 12.4 Å². The summed E-state index contributed by atoms with van der Waals surface area (Å²) in [5, 5.41) is 5.97. The Bertz CT molecular complexity index is 443. The summed E-state index contributed by atoms with van der Waals surface area (Å²) >= 11 is 0. The van der Waals surface area contributed by atoms with Crippen molar-refractivity contribution in [2.45, 2.75) is 26.2 Å². The Hall–Kier alpha value is -1.85. The maximum Gasteiger partial charge on any atom is 0.222 e. The summed E-state index contributed by atoms with van der Waals surface area (Å²) in [6.07, 6.45) is 6.33. The van der Waals surface area contributed by atoms with Crippen molar-refractivity contribution in [2.24, 2.45) is 5.92 Å². The van der Waals surface area contributed by atoms with Gasteiger partial charge in [-0.25, -0.2) is 4.98 Å². The monoisotopic (exact) mass is 277 g/mol. The molecule has 1 amide bonds. The smallest absolute Gasteiger partial charge is 0.222 e. The highest BCUT2D eigenvalue weighted by Gasteiger charge is 2.24. The average molecular weight is 277 g/mol. The summed E-state index contributed by atoms with van der Waals surface area (Å²) < 4.78 is 0. The van der Waals surface area contributed by atoms with Gasteiger partial charge in [-0.2, -0.15) is 0 Å². The molecular formula is C14H23N5O. The molecule has 0 radical (unpaired) electrons. The van der Waals surface area contributed by atoms with Crippen LogP contribution in [0.1, 0.15) is 26.2 Å². The van der Waals surface area contributed by atoms with Gasteiger partial charge in [0.15, 0.2) is 0 Å². The Morgan fingerprint density at radius 1 is 1.40 bits per heavy atom. The molecule has 0 unspecified atom stereocenters. The molecule has 110 valence electrons. The molecule has 0 aliphatic carbocycles. The van der Waals surface area contributed by atoms with E-state index in [2.05, 4.69) is 32.4 Å². The van der Waals surface area contributed by atoms with E-state index in [1.807, 2.05) is 0 Å². The molecular weight excluding hydrogens is 254 g/mol. The van der Waals surface area contributed by atoms with Crippen molar-refractivity contribution >= 4 is 17.5 Å². The molecule has 6 nitrogen and oxygen atoms in total. The number of hydrogen-bond acceptors (Lipinski definition) is 5. The topological polar surface area (TPSA) is 70.2 Å². The van der Waals surface area contributed by atoms with Gasteiger partial charge < -0.3 is 15.5 Å². The van der Waals surface area contributed by atoms with Gasteiger partial charge in [-0.1, -0.05) is 6.92 Å². The molecule has 1 saturated heterocycles. The molecule has 0 saturated carbocycles. The van der Waals surface area contributed by atoms with Crippen LogP contribution in [0.5, 0.6) is 0 Å². The summed E-state index contributed by atoms with van der Waals surface area (Å²) in [5.41, 5.74) is 0. The molecule has 6 heteroatoms. The zero-order valence-electron chi connectivity index (χ0n) is 12.2. The predicted octanol–water partition coefficient (Wildman–Crippen LogP) is 1.26. The predicted molar refractivity (Wildman–Crippen MR) is 79.8 cm³/mol. The minimum Gasteiger partial charge on any atom is -0.369 e. The number of rotatable bonds is 5. The van der Waals surface area contributed by atoms with Crippen LogP contribution in [0.15, 0.2) is 12.4 Å². The number of amides is 1. The Balaban J connectivity index is 1.94. The molecule has 1 fully saturated rings. The maximum absolute atomic E-state index is 11.6. The lowest BCUT2D eigenvalue weighted by Gasteiger charge is -2.31. The Kier molecular flexibility index (Phi) is 5.15. The number of hydrogen-bond donors (Lipinski definition) is 2. The van der Waals surface area contributed by atoms with E-state index >= 15 is 0 Å². The number of carbonyl (C=O) groups is 1. The van der Waals surface area contributed by atoms with Crippen LogP contribution in [0.4, 0.5) is 11.6 Å². The van der Waals surface area contributed by atoms with Gasteiger partial charge in [-0.3, -0.25) is 9.78 Å². The van der Waals surface area contributed by atoms with Gasteiger partial charge in [-0.05, 0) is 19.3 Å². The molecule has 0 spiro atoms. The lowest BCUT2D eigenvalue weighted by atomic mass is 9.96. The standard InChI is InChI=1S/C14H23N5O/c1-3-6-17-12-9-16-10-13(18-12)19-7-4-11(5-8-19)14(20)15-2/h9-11H,3-8H2,1-2H3,(H,15,20)(H,17,18). The molecule has 20 heavy (non-hydrogen) atoms. The van der Waals surface area contributed by atoms with Gasteiger partial charge in [-0.15, -0.1) is 0 Å². The summed E-state index contributed by atoms with van der Waals surface area (Å²) in [7, 11) is 1.70. The molecule has 0 aromatic carbocycles. The summed E-state index contributed by atoms with van der Waals surface area (Å²) in [6.45, 7) is 4.72. The summed E-state index contributed by atoms with van der Waals surface area (Å²) in [4.78, 5) is 22.6. The van der Waals surface area contributed by atoms with E-state index in [1.165, 1.54) is 0 Å². The molecule has 1 aromatic rings. The van der Waals surface area contributed by atoms with E-state index in [0.717, 1.165) is 50.5 Å². The molecule has 1 aromatic heterocycles. The van der Waals surface area contributed by atoms with Gasteiger partial charge in [0.2, 0.25) is 5.91 Å². The van der Waals surface area contributed by atoms with Crippen LogP contribution < -0.4 is 15.5 Å². The third kappa shape index (κ3) is 3.59. The average Bonchev–Trinajstić information content (AvgIpc) is 2.52. The first kappa shape index (κ1) is 14.6. The SMILES string of the molecule is CCCNc1cncc(N2CCC(C(=O)NC)CC2)n1. The van der Waals surface area contributed by atoms with Crippen molar-refractivity contribution in [3.63, 3.8) is 0 Å². The van der Waals surface area contributed by atoms with Crippen molar-refractivity contribution < 1.29 is 4.79 Å². The van der Waals surface area contributed by atoms with Crippen LogP contribution in [-0.2, 0) is 4.79 Å². The minimum absolute atomic E-state index is 0.130. The minimum atomic E-state index is 0.130. The van der Waals surface area contributed by atoms with Crippen molar-refractivity contribution in [3.8, 4) is 0 Å². The molecule has 1 aliphatic rings. The van der Waals surface area contributed by atoms with E-state index in [1.54, 1.807) is 19.4 Å². The second kappa shape index (κ2) is 7.07. The van der Waals surface area contributed by atoms with Crippen molar-refractivity contribution in [2.75, 3.05) is 36.9 Å². The van der Waals surface area contributed by atoms with Crippen LogP contribution in [0, 0.1) is 5.92 Å². The first-order chi connectivity index (χ1) is 9.74. The number of anilines is 2. The van der Waals surface area contributed by atoms with Gasteiger partial charge in [0, 0.05) is 32.6 Å². The Labute approximate surface area is 120 Å². The highest BCUT2D eigenvalue weighted by Crippen LogP contribution is 2.22. The number of nitrogens with zero attached hydrogens (tertiary/aromatic N) is 3. The fourth-order valence-corrected chi connectivity index (χ4v) is 2.42. The van der Waals surface area contributed by atoms with Crippen LogP contribution in [0.25, 0.3) is 0 Å². The third-order valence-corrected chi connectivity index (χ3v) is 3.61. The highest BCUT2D eigenvalue weighted by atomic mass is 16.1. The summed E-state index contributed by atoms with van der Waals surface area (Å²) in [6, 6.07) is 0. The van der Waals surface area contributed by atoms with Gasteiger partial charge in [0.1, 0.15) is 11.6 Å². The van der Waals surface area contributed by atoms with Gasteiger partial charge in [0.25, 0.3) is 0 Å². The van der Waals surface area contributed by atoms with E-state index in [9.17, 15) is 4.79 Å². The fourth-order valence-electron chi connectivity index (χ4n) is 2.42. The highest BCUT2D eigenvalue weighted by molar-refractivity contribution is 5.78. The molecule has 2 heterocycles. The lowest BCUT2D eigenvalue weighted by Crippen LogP contribution is -2.40. The van der Waals surface area contributed by atoms with Crippen molar-refractivity contribution in [1.29, 1.82) is 0 Å². The van der Waals surface area contributed by atoms with E-state index < -0.39 is 0 Å². The molecule has 0 bridgehead atoms. The van der Waals surface area contributed by atoms with E-state index in [-0.39, 0.29) is 11.8 Å². The Morgan fingerprint density at radius 3 is 2.80 bits per heavy atom. The van der Waals surface area contributed by atoms with Crippen LogP contribution in [0.2, 0.25) is 0 Å². The normalized spacial score (nSPS) is 16.0.